The lowest BCUT2D eigenvalue weighted by Crippen LogP contribution is -2.46. The molecule has 7 nitrogen and oxygen atoms in total. The van der Waals surface area contributed by atoms with Gasteiger partial charge in [0.05, 0.1) is 6.42 Å². The molecule has 2 aromatic carbocycles. The highest BCUT2D eigenvalue weighted by Crippen LogP contribution is 2.10. The summed E-state index contributed by atoms with van der Waals surface area (Å²) in [6.07, 6.45) is 1.22. The minimum absolute atomic E-state index is 0.0448. The summed E-state index contributed by atoms with van der Waals surface area (Å²) in [4.78, 5) is 17.2. The van der Waals surface area contributed by atoms with E-state index in [0.29, 0.717) is 18.9 Å². The Labute approximate surface area is 187 Å². The molecule has 1 amide bonds. The summed E-state index contributed by atoms with van der Waals surface area (Å²) in [6, 6.07) is 16.6. The van der Waals surface area contributed by atoms with E-state index in [1.54, 1.807) is 12.1 Å². The van der Waals surface area contributed by atoms with Gasteiger partial charge in [0.2, 0.25) is 5.89 Å². The molecule has 0 bridgehead atoms. The molecule has 4 rings (SSSR count). The highest BCUT2D eigenvalue weighted by atomic mass is 19.1. The van der Waals surface area contributed by atoms with Gasteiger partial charge in [-0.3, -0.25) is 9.69 Å². The summed E-state index contributed by atoms with van der Waals surface area (Å²) in [7, 11) is 0. The summed E-state index contributed by atoms with van der Waals surface area (Å²) in [6.45, 7) is 6.68. The Morgan fingerprint density at radius 3 is 2.41 bits per heavy atom. The number of halogens is 1. The predicted molar refractivity (Wildman–Crippen MR) is 119 cm³/mol. The van der Waals surface area contributed by atoms with Crippen LogP contribution in [0.5, 0.6) is 0 Å². The van der Waals surface area contributed by atoms with E-state index in [9.17, 15) is 9.18 Å². The molecule has 8 heteroatoms. The lowest BCUT2D eigenvalue weighted by Gasteiger charge is -2.34. The molecule has 2 heterocycles. The van der Waals surface area contributed by atoms with Crippen LogP contribution in [0.25, 0.3) is 0 Å². The quantitative estimate of drug-likeness (QED) is 0.519. The first kappa shape index (κ1) is 22.1. The van der Waals surface area contributed by atoms with Gasteiger partial charge in [-0.05, 0) is 36.2 Å². The Balaban J connectivity index is 1.12. The number of carbonyl (C=O) groups excluding carboxylic acids is 1. The van der Waals surface area contributed by atoms with Crippen LogP contribution in [0, 0.1) is 5.82 Å². The SMILES string of the molecule is O=C(NCCCN1CCN(Cc2ccccc2)CC1)c1nnc(Cc2ccc(F)cc2)o1. The van der Waals surface area contributed by atoms with Crippen molar-refractivity contribution in [2.24, 2.45) is 0 Å². The van der Waals surface area contributed by atoms with Crippen molar-refractivity contribution in [3.8, 4) is 0 Å². The van der Waals surface area contributed by atoms with Gasteiger partial charge < -0.3 is 14.6 Å². The molecule has 168 valence electrons. The summed E-state index contributed by atoms with van der Waals surface area (Å²) in [5, 5.41) is 10.6. The zero-order valence-corrected chi connectivity index (χ0v) is 18.0. The molecule has 0 unspecified atom stereocenters. The maximum Gasteiger partial charge on any atom is 0.308 e. The first-order valence-electron chi connectivity index (χ1n) is 11.0. The van der Waals surface area contributed by atoms with Crippen molar-refractivity contribution in [3.05, 3.63) is 83.3 Å². The van der Waals surface area contributed by atoms with Gasteiger partial charge >= 0.3 is 11.8 Å². The second kappa shape index (κ2) is 11.0. The number of aromatic nitrogens is 2. The maximum absolute atomic E-state index is 13.0. The van der Waals surface area contributed by atoms with Crippen LogP contribution in [0.15, 0.2) is 59.0 Å². The van der Waals surface area contributed by atoms with Crippen LogP contribution >= 0.6 is 0 Å². The molecule has 3 aromatic rings. The maximum atomic E-state index is 13.0. The summed E-state index contributed by atoms with van der Waals surface area (Å²) in [5.41, 5.74) is 2.19. The molecule has 1 aliphatic rings. The van der Waals surface area contributed by atoms with E-state index < -0.39 is 0 Å². The first-order chi connectivity index (χ1) is 15.7. The van der Waals surface area contributed by atoms with Gasteiger partial charge in [-0.15, -0.1) is 10.2 Å². The standard InChI is InChI=1S/C24H28FN5O2/c25-21-9-7-19(8-10-21)17-22-27-28-24(32-22)23(31)26-11-4-12-29-13-15-30(16-14-29)18-20-5-2-1-3-6-20/h1-3,5-10H,4,11-18H2,(H,26,31). The molecule has 1 aromatic heterocycles. The monoisotopic (exact) mass is 437 g/mol. The average Bonchev–Trinajstić information content (AvgIpc) is 3.28. The van der Waals surface area contributed by atoms with Crippen molar-refractivity contribution in [1.82, 2.24) is 25.3 Å². The highest BCUT2D eigenvalue weighted by Gasteiger charge is 2.18. The van der Waals surface area contributed by atoms with E-state index in [2.05, 4.69) is 49.6 Å². The Morgan fingerprint density at radius 2 is 1.66 bits per heavy atom. The van der Waals surface area contributed by atoms with Gasteiger partial charge in [0, 0.05) is 39.3 Å². The third-order valence-electron chi connectivity index (χ3n) is 5.58. The first-order valence-corrected chi connectivity index (χ1v) is 11.0. The number of rotatable bonds is 9. The Hall–Kier alpha value is -3.10. The van der Waals surface area contributed by atoms with Crippen molar-refractivity contribution in [3.63, 3.8) is 0 Å². The topological polar surface area (TPSA) is 74.5 Å². The van der Waals surface area contributed by atoms with Crippen LogP contribution in [-0.4, -0.2) is 65.2 Å². The average molecular weight is 438 g/mol. The van der Waals surface area contributed by atoms with Crippen molar-refractivity contribution >= 4 is 5.91 Å². The fourth-order valence-corrected chi connectivity index (χ4v) is 3.79. The molecular formula is C24H28FN5O2. The minimum Gasteiger partial charge on any atom is -0.417 e. The number of nitrogens with one attached hydrogen (secondary N) is 1. The minimum atomic E-state index is -0.365. The fraction of sp³-hybridized carbons (Fsp3) is 0.375. The van der Waals surface area contributed by atoms with Crippen molar-refractivity contribution < 1.29 is 13.6 Å². The second-order valence-electron chi connectivity index (χ2n) is 8.02. The van der Waals surface area contributed by atoms with Gasteiger partial charge in [-0.25, -0.2) is 4.39 Å². The van der Waals surface area contributed by atoms with Gasteiger partial charge in [0.25, 0.3) is 0 Å². The van der Waals surface area contributed by atoms with Crippen LogP contribution in [0.1, 0.15) is 34.1 Å². The smallest absolute Gasteiger partial charge is 0.308 e. The van der Waals surface area contributed by atoms with Crippen molar-refractivity contribution in [2.45, 2.75) is 19.4 Å². The van der Waals surface area contributed by atoms with Gasteiger partial charge in [-0.1, -0.05) is 42.5 Å². The number of amides is 1. The summed E-state index contributed by atoms with van der Waals surface area (Å²) >= 11 is 0. The Morgan fingerprint density at radius 1 is 0.938 bits per heavy atom. The molecule has 32 heavy (non-hydrogen) atoms. The summed E-state index contributed by atoms with van der Waals surface area (Å²) < 4.78 is 18.4. The number of piperazine rings is 1. The van der Waals surface area contributed by atoms with Crippen LogP contribution < -0.4 is 5.32 Å². The predicted octanol–water partition coefficient (Wildman–Crippen LogP) is 2.74. The normalized spacial score (nSPS) is 15.0. The molecule has 0 atom stereocenters. The van der Waals surface area contributed by atoms with Gasteiger partial charge in [0.15, 0.2) is 0 Å². The van der Waals surface area contributed by atoms with E-state index >= 15 is 0 Å². The fourth-order valence-electron chi connectivity index (χ4n) is 3.79. The van der Waals surface area contributed by atoms with Gasteiger partial charge in [-0.2, -0.15) is 0 Å². The molecular weight excluding hydrogens is 409 g/mol. The van der Waals surface area contributed by atoms with Crippen molar-refractivity contribution in [2.75, 3.05) is 39.3 Å². The van der Waals surface area contributed by atoms with E-state index in [-0.39, 0.29) is 17.6 Å². The molecule has 1 saturated heterocycles. The number of hydrogen-bond acceptors (Lipinski definition) is 6. The lowest BCUT2D eigenvalue weighted by atomic mass is 10.1. The van der Waals surface area contributed by atoms with E-state index in [1.165, 1.54) is 17.7 Å². The van der Waals surface area contributed by atoms with Crippen LogP contribution in [0.3, 0.4) is 0 Å². The molecule has 0 saturated carbocycles. The third-order valence-corrected chi connectivity index (χ3v) is 5.58. The van der Waals surface area contributed by atoms with Crippen LogP contribution in [-0.2, 0) is 13.0 Å². The lowest BCUT2D eigenvalue weighted by molar-refractivity contribution is 0.0911. The Bertz CT molecular complexity index is 985. The molecule has 0 spiro atoms. The number of carbonyl (C=O) groups is 1. The van der Waals surface area contributed by atoms with Crippen LogP contribution in [0.2, 0.25) is 0 Å². The molecule has 1 aliphatic heterocycles. The van der Waals surface area contributed by atoms with E-state index in [4.69, 9.17) is 4.42 Å². The zero-order valence-electron chi connectivity index (χ0n) is 18.0. The summed E-state index contributed by atoms with van der Waals surface area (Å²) in [5.74, 6) is -0.379. The number of benzene rings is 2. The zero-order chi connectivity index (χ0) is 22.2. The number of nitrogens with zero attached hydrogens (tertiary/aromatic N) is 4. The molecule has 1 N–H and O–H groups in total. The van der Waals surface area contributed by atoms with Crippen molar-refractivity contribution in [1.29, 1.82) is 0 Å². The molecule has 0 radical (unpaired) electrons. The third kappa shape index (κ3) is 6.45. The van der Waals surface area contributed by atoms with E-state index in [0.717, 1.165) is 51.3 Å². The Kier molecular flexibility index (Phi) is 7.58. The number of hydrogen-bond donors (Lipinski definition) is 1. The highest BCUT2D eigenvalue weighted by molar-refractivity contribution is 5.89. The van der Waals surface area contributed by atoms with E-state index in [1.807, 2.05) is 6.07 Å². The second-order valence-corrected chi connectivity index (χ2v) is 8.02. The molecule has 1 fully saturated rings. The van der Waals surface area contributed by atoms with Gasteiger partial charge in [0.1, 0.15) is 5.82 Å². The molecule has 0 aliphatic carbocycles. The van der Waals surface area contributed by atoms with Crippen LogP contribution in [0.4, 0.5) is 4.39 Å². The largest absolute Gasteiger partial charge is 0.417 e.